The zero-order valence-electron chi connectivity index (χ0n) is 15.2. The highest BCUT2D eigenvalue weighted by Crippen LogP contribution is 2.21. The number of nitrogens with zero attached hydrogens (tertiary/aromatic N) is 4. The molecule has 1 aromatic carbocycles. The van der Waals surface area contributed by atoms with Crippen LogP contribution in [0.15, 0.2) is 60.8 Å². The Morgan fingerprint density at radius 3 is 2.46 bits per heavy atom. The molecule has 0 atom stereocenters. The molecule has 2 aromatic heterocycles. The van der Waals surface area contributed by atoms with Crippen LogP contribution in [0.4, 0.5) is 11.8 Å². The number of rotatable bonds is 8. The van der Waals surface area contributed by atoms with Crippen molar-refractivity contribution in [1.82, 2.24) is 19.9 Å². The molecule has 2 heterocycles. The third kappa shape index (κ3) is 5.26. The van der Waals surface area contributed by atoms with Gasteiger partial charge >= 0.3 is 0 Å². The van der Waals surface area contributed by atoms with Crippen LogP contribution in [0.2, 0.25) is 0 Å². The molecule has 0 amide bonds. The first-order valence-corrected chi connectivity index (χ1v) is 8.67. The summed E-state index contributed by atoms with van der Waals surface area (Å²) >= 11 is 0. The van der Waals surface area contributed by atoms with E-state index in [4.69, 9.17) is 0 Å². The standard InChI is InChI=1S/C20H24N6/c1-26(2)13-12-22-20-24-18(16-8-4-3-5-9-16)14-19(25-20)23-15-17-10-6-7-11-21-17/h3-11,14H,12-13,15H2,1-2H3,(H2,22,23,24,25). The lowest BCUT2D eigenvalue weighted by molar-refractivity contribution is 0.425. The molecule has 0 saturated heterocycles. The van der Waals surface area contributed by atoms with Crippen molar-refractivity contribution < 1.29 is 0 Å². The van der Waals surface area contributed by atoms with Crippen molar-refractivity contribution in [2.45, 2.75) is 6.54 Å². The van der Waals surface area contributed by atoms with Crippen LogP contribution in [0.25, 0.3) is 11.3 Å². The topological polar surface area (TPSA) is 66.0 Å². The van der Waals surface area contributed by atoms with Crippen LogP contribution in [0.1, 0.15) is 5.69 Å². The zero-order valence-corrected chi connectivity index (χ0v) is 15.2. The second-order valence-corrected chi connectivity index (χ2v) is 6.23. The molecule has 0 aliphatic carbocycles. The van der Waals surface area contributed by atoms with Crippen molar-refractivity contribution in [2.24, 2.45) is 0 Å². The molecular formula is C20H24N6. The minimum Gasteiger partial charge on any atom is -0.364 e. The Labute approximate surface area is 154 Å². The predicted molar refractivity (Wildman–Crippen MR) is 106 cm³/mol. The van der Waals surface area contributed by atoms with E-state index in [1.54, 1.807) is 6.20 Å². The van der Waals surface area contributed by atoms with Gasteiger partial charge in [0.2, 0.25) is 5.95 Å². The van der Waals surface area contributed by atoms with Gasteiger partial charge in [-0.15, -0.1) is 0 Å². The van der Waals surface area contributed by atoms with E-state index in [1.807, 2.05) is 56.6 Å². The number of nitrogens with one attached hydrogen (secondary N) is 2. The smallest absolute Gasteiger partial charge is 0.225 e. The summed E-state index contributed by atoms with van der Waals surface area (Å²) in [7, 11) is 4.09. The number of pyridine rings is 1. The van der Waals surface area contributed by atoms with E-state index < -0.39 is 0 Å². The first kappa shape index (κ1) is 17.8. The lowest BCUT2D eigenvalue weighted by Crippen LogP contribution is -2.21. The van der Waals surface area contributed by atoms with Gasteiger partial charge in [0.1, 0.15) is 5.82 Å². The lowest BCUT2D eigenvalue weighted by atomic mass is 10.1. The molecule has 0 aliphatic rings. The molecule has 26 heavy (non-hydrogen) atoms. The van der Waals surface area contributed by atoms with Gasteiger partial charge in [-0.3, -0.25) is 4.98 Å². The average molecular weight is 348 g/mol. The SMILES string of the molecule is CN(C)CCNc1nc(NCc2ccccn2)cc(-c2ccccc2)n1. The lowest BCUT2D eigenvalue weighted by Gasteiger charge is -2.13. The molecule has 3 rings (SSSR count). The van der Waals surface area contributed by atoms with Gasteiger partial charge in [0.15, 0.2) is 0 Å². The van der Waals surface area contributed by atoms with Crippen molar-refractivity contribution in [3.8, 4) is 11.3 Å². The third-order valence-electron chi connectivity index (χ3n) is 3.81. The Morgan fingerprint density at radius 1 is 0.923 bits per heavy atom. The Balaban J connectivity index is 1.80. The number of likely N-dealkylation sites (N-methyl/N-ethyl adjacent to an activating group) is 1. The quantitative estimate of drug-likeness (QED) is 0.652. The van der Waals surface area contributed by atoms with Gasteiger partial charge in [-0.1, -0.05) is 36.4 Å². The summed E-state index contributed by atoms with van der Waals surface area (Å²) in [4.78, 5) is 15.7. The largest absolute Gasteiger partial charge is 0.364 e. The van der Waals surface area contributed by atoms with Gasteiger partial charge in [0.25, 0.3) is 0 Å². The molecule has 6 nitrogen and oxygen atoms in total. The molecule has 0 unspecified atom stereocenters. The van der Waals surface area contributed by atoms with E-state index in [2.05, 4.69) is 42.6 Å². The third-order valence-corrected chi connectivity index (χ3v) is 3.81. The van der Waals surface area contributed by atoms with E-state index in [0.717, 1.165) is 35.9 Å². The fourth-order valence-corrected chi connectivity index (χ4v) is 2.45. The number of hydrogen-bond donors (Lipinski definition) is 2. The molecule has 0 fully saturated rings. The number of hydrogen-bond acceptors (Lipinski definition) is 6. The van der Waals surface area contributed by atoms with Crippen molar-refractivity contribution in [2.75, 3.05) is 37.8 Å². The molecule has 0 radical (unpaired) electrons. The van der Waals surface area contributed by atoms with Crippen molar-refractivity contribution in [1.29, 1.82) is 0 Å². The van der Waals surface area contributed by atoms with Gasteiger partial charge in [0, 0.05) is 30.9 Å². The molecule has 0 saturated carbocycles. The van der Waals surface area contributed by atoms with Gasteiger partial charge in [-0.25, -0.2) is 4.98 Å². The Hall–Kier alpha value is -2.99. The van der Waals surface area contributed by atoms with Crippen LogP contribution in [-0.2, 0) is 6.54 Å². The molecule has 0 spiro atoms. The fraction of sp³-hybridized carbons (Fsp3) is 0.250. The van der Waals surface area contributed by atoms with Gasteiger partial charge in [0.05, 0.1) is 17.9 Å². The highest BCUT2D eigenvalue weighted by molar-refractivity contribution is 5.64. The van der Waals surface area contributed by atoms with E-state index in [0.29, 0.717) is 12.5 Å². The highest BCUT2D eigenvalue weighted by Gasteiger charge is 2.07. The van der Waals surface area contributed by atoms with E-state index >= 15 is 0 Å². The fourth-order valence-electron chi connectivity index (χ4n) is 2.45. The molecule has 134 valence electrons. The Morgan fingerprint density at radius 2 is 1.73 bits per heavy atom. The minimum atomic E-state index is 0.614. The summed E-state index contributed by atoms with van der Waals surface area (Å²) in [5.74, 6) is 1.40. The number of anilines is 2. The van der Waals surface area contributed by atoms with Crippen LogP contribution in [0.3, 0.4) is 0 Å². The van der Waals surface area contributed by atoms with Crippen LogP contribution < -0.4 is 10.6 Å². The van der Waals surface area contributed by atoms with Crippen LogP contribution in [-0.4, -0.2) is 47.0 Å². The predicted octanol–water partition coefficient (Wildman–Crippen LogP) is 3.12. The van der Waals surface area contributed by atoms with Crippen molar-refractivity contribution in [3.63, 3.8) is 0 Å². The van der Waals surface area contributed by atoms with Crippen LogP contribution in [0, 0.1) is 0 Å². The van der Waals surface area contributed by atoms with E-state index in [9.17, 15) is 0 Å². The molecule has 6 heteroatoms. The maximum atomic E-state index is 4.66. The van der Waals surface area contributed by atoms with Crippen molar-refractivity contribution >= 4 is 11.8 Å². The maximum absolute atomic E-state index is 4.66. The van der Waals surface area contributed by atoms with Gasteiger partial charge < -0.3 is 15.5 Å². The molecule has 0 aliphatic heterocycles. The summed E-state index contributed by atoms with van der Waals surface area (Å²) in [6.07, 6.45) is 1.79. The van der Waals surface area contributed by atoms with E-state index in [-0.39, 0.29) is 0 Å². The van der Waals surface area contributed by atoms with Crippen LogP contribution >= 0.6 is 0 Å². The first-order chi connectivity index (χ1) is 12.7. The molecular weight excluding hydrogens is 324 g/mol. The van der Waals surface area contributed by atoms with Gasteiger partial charge in [-0.2, -0.15) is 4.98 Å². The zero-order chi connectivity index (χ0) is 18.2. The highest BCUT2D eigenvalue weighted by atomic mass is 15.2. The maximum Gasteiger partial charge on any atom is 0.225 e. The van der Waals surface area contributed by atoms with E-state index in [1.165, 1.54) is 0 Å². The van der Waals surface area contributed by atoms with Crippen LogP contribution in [0.5, 0.6) is 0 Å². The summed E-state index contributed by atoms with van der Waals surface area (Å²) in [6, 6.07) is 18.0. The number of aromatic nitrogens is 3. The second kappa shape index (κ2) is 8.92. The Kier molecular flexibility index (Phi) is 6.11. The number of benzene rings is 1. The summed E-state index contributed by atoms with van der Waals surface area (Å²) in [5.41, 5.74) is 2.91. The average Bonchev–Trinajstić information content (AvgIpc) is 2.67. The van der Waals surface area contributed by atoms with Crippen molar-refractivity contribution in [3.05, 3.63) is 66.5 Å². The first-order valence-electron chi connectivity index (χ1n) is 8.67. The van der Waals surface area contributed by atoms with Gasteiger partial charge in [-0.05, 0) is 26.2 Å². The minimum absolute atomic E-state index is 0.614. The summed E-state index contributed by atoms with van der Waals surface area (Å²) in [6.45, 7) is 2.31. The molecule has 3 aromatic rings. The normalized spacial score (nSPS) is 10.7. The second-order valence-electron chi connectivity index (χ2n) is 6.23. The molecule has 2 N–H and O–H groups in total. The molecule has 0 bridgehead atoms. The summed E-state index contributed by atoms with van der Waals surface area (Å²) < 4.78 is 0. The monoisotopic (exact) mass is 348 g/mol. The summed E-state index contributed by atoms with van der Waals surface area (Å²) in [5, 5.41) is 6.65. The Bertz CT molecular complexity index is 805.